The Hall–Kier alpha value is -3.15. The Morgan fingerprint density at radius 2 is 1.92 bits per heavy atom. The number of aromatic nitrogens is 2. The molecule has 3 rings (SSSR count). The number of para-hydroxylation sites is 1. The summed E-state index contributed by atoms with van der Waals surface area (Å²) in [5.41, 5.74) is 2.56. The Morgan fingerprint density at radius 1 is 1.16 bits per heavy atom. The van der Waals surface area contributed by atoms with Crippen LogP contribution in [0.5, 0.6) is 5.75 Å². The molecule has 6 heteroatoms. The van der Waals surface area contributed by atoms with Crippen molar-refractivity contribution in [3.63, 3.8) is 0 Å². The first kappa shape index (κ1) is 16.7. The molecule has 0 saturated carbocycles. The van der Waals surface area contributed by atoms with Crippen molar-refractivity contribution in [3.05, 3.63) is 60.0 Å². The van der Waals surface area contributed by atoms with Crippen molar-refractivity contribution in [2.45, 2.75) is 20.3 Å². The zero-order chi connectivity index (χ0) is 17.6. The number of carbonyl (C=O) groups excluding carboxylic acids is 1. The fraction of sp³-hybridized carbons (Fsp3) is 0.211. The van der Waals surface area contributed by atoms with Gasteiger partial charge in [0.1, 0.15) is 5.75 Å². The average Bonchev–Trinajstić information content (AvgIpc) is 3.11. The quantitative estimate of drug-likeness (QED) is 0.743. The van der Waals surface area contributed by atoms with Crippen LogP contribution in [0.15, 0.2) is 53.1 Å². The second-order valence-corrected chi connectivity index (χ2v) is 5.56. The fourth-order valence-corrected chi connectivity index (χ4v) is 2.26. The Kier molecular flexibility index (Phi) is 5.09. The predicted octanol–water partition coefficient (Wildman–Crippen LogP) is 3.62. The summed E-state index contributed by atoms with van der Waals surface area (Å²) in [6.07, 6.45) is 0.662. The first-order valence-corrected chi connectivity index (χ1v) is 8.07. The highest BCUT2D eigenvalue weighted by molar-refractivity contribution is 5.92. The van der Waals surface area contributed by atoms with Gasteiger partial charge in [0.15, 0.2) is 6.61 Å². The van der Waals surface area contributed by atoms with Crippen molar-refractivity contribution in [1.82, 2.24) is 10.1 Å². The van der Waals surface area contributed by atoms with Crippen molar-refractivity contribution in [2.24, 2.45) is 0 Å². The number of rotatable bonds is 6. The number of hydrogen-bond acceptors (Lipinski definition) is 5. The summed E-state index contributed by atoms with van der Waals surface area (Å²) < 4.78 is 10.8. The lowest BCUT2D eigenvalue weighted by molar-refractivity contribution is -0.118. The van der Waals surface area contributed by atoms with Crippen LogP contribution < -0.4 is 10.1 Å². The van der Waals surface area contributed by atoms with Gasteiger partial charge < -0.3 is 14.6 Å². The van der Waals surface area contributed by atoms with Gasteiger partial charge in [0.2, 0.25) is 11.7 Å². The molecule has 0 saturated heterocycles. The van der Waals surface area contributed by atoms with Crippen LogP contribution in [-0.2, 0) is 11.2 Å². The Labute approximate surface area is 145 Å². The minimum absolute atomic E-state index is 0.108. The number of anilines is 1. The molecule has 0 unspecified atom stereocenters. The first-order chi connectivity index (χ1) is 12.2. The van der Waals surface area contributed by atoms with Gasteiger partial charge in [-0.1, -0.05) is 41.9 Å². The maximum absolute atomic E-state index is 12.1. The zero-order valence-corrected chi connectivity index (χ0v) is 14.2. The van der Waals surface area contributed by atoms with E-state index >= 15 is 0 Å². The van der Waals surface area contributed by atoms with Gasteiger partial charge in [0.25, 0.3) is 5.91 Å². The molecule has 1 heterocycles. The lowest BCUT2D eigenvalue weighted by Gasteiger charge is -2.10. The van der Waals surface area contributed by atoms with Crippen LogP contribution in [0.25, 0.3) is 11.4 Å². The van der Waals surface area contributed by atoms with Gasteiger partial charge in [0.05, 0.1) is 5.56 Å². The number of amides is 1. The second-order valence-electron chi connectivity index (χ2n) is 5.56. The van der Waals surface area contributed by atoms with Gasteiger partial charge in [-0.15, -0.1) is 0 Å². The van der Waals surface area contributed by atoms with Gasteiger partial charge in [0, 0.05) is 12.1 Å². The van der Waals surface area contributed by atoms with E-state index in [1.807, 2.05) is 56.3 Å². The molecule has 3 aromatic rings. The average molecular weight is 337 g/mol. The van der Waals surface area contributed by atoms with E-state index in [2.05, 4.69) is 15.5 Å². The molecule has 1 amide bonds. The van der Waals surface area contributed by atoms with Crippen LogP contribution in [-0.4, -0.2) is 22.7 Å². The maximum Gasteiger partial charge on any atom is 0.262 e. The number of nitrogens with one attached hydrogen (secondary N) is 1. The van der Waals surface area contributed by atoms with Crippen molar-refractivity contribution in [3.8, 4) is 17.1 Å². The molecule has 0 fully saturated rings. The van der Waals surface area contributed by atoms with E-state index in [-0.39, 0.29) is 12.5 Å². The molecule has 0 atom stereocenters. The van der Waals surface area contributed by atoms with E-state index in [1.54, 1.807) is 6.07 Å². The topological polar surface area (TPSA) is 77.2 Å². The minimum Gasteiger partial charge on any atom is -0.483 e. The summed E-state index contributed by atoms with van der Waals surface area (Å²) in [6.45, 7) is 3.83. The summed E-state index contributed by atoms with van der Waals surface area (Å²) in [4.78, 5) is 16.4. The lowest BCUT2D eigenvalue weighted by Crippen LogP contribution is -2.20. The highest BCUT2D eigenvalue weighted by Gasteiger charge is 2.13. The molecule has 128 valence electrons. The fourth-order valence-electron chi connectivity index (χ4n) is 2.26. The van der Waals surface area contributed by atoms with Crippen molar-refractivity contribution >= 4 is 11.6 Å². The van der Waals surface area contributed by atoms with Crippen molar-refractivity contribution in [1.29, 1.82) is 0 Å². The number of hydrogen-bond donors (Lipinski definition) is 1. The summed E-state index contributed by atoms with van der Waals surface area (Å²) in [7, 11) is 0. The molecule has 0 spiro atoms. The number of aryl methyl sites for hydroxylation is 2. The van der Waals surface area contributed by atoms with E-state index in [1.165, 1.54) is 0 Å². The highest BCUT2D eigenvalue weighted by Crippen LogP contribution is 2.27. The van der Waals surface area contributed by atoms with Gasteiger partial charge in [-0.05, 0) is 31.2 Å². The maximum atomic E-state index is 12.1. The Balaban J connectivity index is 1.67. The van der Waals surface area contributed by atoms with Gasteiger partial charge in [-0.25, -0.2) is 0 Å². The first-order valence-electron chi connectivity index (χ1n) is 8.07. The number of carbonyl (C=O) groups is 1. The summed E-state index contributed by atoms with van der Waals surface area (Å²) in [6, 6.07) is 14.9. The van der Waals surface area contributed by atoms with Gasteiger partial charge in [-0.2, -0.15) is 4.98 Å². The third-order valence-corrected chi connectivity index (χ3v) is 3.59. The molecule has 0 radical (unpaired) electrons. The molecule has 6 nitrogen and oxygen atoms in total. The molecular weight excluding hydrogens is 318 g/mol. The standard InChI is InChI=1S/C19H19N3O3/c1-3-18-21-19(22-25-18)15-6-4-5-7-16(15)24-12-17(23)20-14-10-8-13(2)9-11-14/h4-11H,3,12H2,1-2H3,(H,20,23). The molecule has 0 bridgehead atoms. The van der Waals surface area contributed by atoms with Gasteiger partial charge in [-0.3, -0.25) is 4.79 Å². The van der Waals surface area contributed by atoms with Crippen LogP contribution in [0, 0.1) is 6.92 Å². The lowest BCUT2D eigenvalue weighted by atomic mass is 10.2. The van der Waals surface area contributed by atoms with Gasteiger partial charge >= 0.3 is 0 Å². The Morgan fingerprint density at radius 3 is 2.64 bits per heavy atom. The second kappa shape index (κ2) is 7.61. The summed E-state index contributed by atoms with van der Waals surface area (Å²) in [5.74, 6) is 1.30. The third-order valence-electron chi connectivity index (χ3n) is 3.59. The predicted molar refractivity (Wildman–Crippen MR) is 94.4 cm³/mol. The number of ether oxygens (including phenoxy) is 1. The number of benzene rings is 2. The van der Waals surface area contributed by atoms with Crippen LogP contribution in [0.1, 0.15) is 18.4 Å². The summed E-state index contributed by atoms with van der Waals surface area (Å²) >= 11 is 0. The van der Waals surface area contributed by atoms with Crippen LogP contribution in [0.3, 0.4) is 0 Å². The van der Waals surface area contributed by atoms with Crippen LogP contribution in [0.4, 0.5) is 5.69 Å². The minimum atomic E-state index is -0.235. The Bertz CT molecular complexity index is 856. The van der Waals surface area contributed by atoms with Crippen LogP contribution in [0.2, 0.25) is 0 Å². The van der Waals surface area contributed by atoms with E-state index < -0.39 is 0 Å². The van der Waals surface area contributed by atoms with E-state index in [0.29, 0.717) is 29.4 Å². The molecule has 1 aromatic heterocycles. The van der Waals surface area contributed by atoms with Crippen molar-refractivity contribution < 1.29 is 14.1 Å². The van der Waals surface area contributed by atoms with Crippen molar-refractivity contribution in [2.75, 3.05) is 11.9 Å². The SMILES string of the molecule is CCc1nc(-c2ccccc2OCC(=O)Nc2ccc(C)cc2)no1. The van der Waals surface area contributed by atoms with Crippen LogP contribution >= 0.6 is 0 Å². The van der Waals surface area contributed by atoms with E-state index in [4.69, 9.17) is 9.26 Å². The normalized spacial score (nSPS) is 10.5. The molecule has 25 heavy (non-hydrogen) atoms. The molecule has 1 N–H and O–H groups in total. The van der Waals surface area contributed by atoms with E-state index in [0.717, 1.165) is 11.3 Å². The molecule has 0 aliphatic carbocycles. The molecule has 0 aliphatic rings. The molecule has 0 aliphatic heterocycles. The monoisotopic (exact) mass is 337 g/mol. The number of nitrogens with zero attached hydrogens (tertiary/aromatic N) is 2. The summed E-state index contributed by atoms with van der Waals surface area (Å²) in [5, 5.41) is 6.75. The largest absolute Gasteiger partial charge is 0.483 e. The smallest absolute Gasteiger partial charge is 0.262 e. The molecular formula is C19H19N3O3. The highest BCUT2D eigenvalue weighted by atomic mass is 16.5. The molecule has 2 aromatic carbocycles. The third kappa shape index (κ3) is 4.23. The zero-order valence-electron chi connectivity index (χ0n) is 14.2. The van der Waals surface area contributed by atoms with E-state index in [9.17, 15) is 4.79 Å².